The molecule has 1 saturated heterocycles. The van der Waals surface area contributed by atoms with Crippen LogP contribution in [0.5, 0.6) is 0 Å². The van der Waals surface area contributed by atoms with Gasteiger partial charge in [-0.25, -0.2) is 0 Å². The average Bonchev–Trinajstić information content (AvgIpc) is 2.86. The van der Waals surface area contributed by atoms with Gasteiger partial charge in [-0.3, -0.25) is 9.69 Å². The predicted molar refractivity (Wildman–Crippen MR) is 75.1 cm³/mol. The number of carbonyl (C=O) groups is 1. The molecule has 0 aromatic carbocycles. The molecule has 1 unspecified atom stereocenters. The fourth-order valence-corrected chi connectivity index (χ4v) is 3.75. The van der Waals surface area contributed by atoms with E-state index in [0.717, 1.165) is 26.1 Å². The largest absolute Gasteiger partial charge is 0.384 e. The van der Waals surface area contributed by atoms with Crippen LogP contribution in [-0.4, -0.2) is 44.0 Å². The van der Waals surface area contributed by atoms with Gasteiger partial charge in [0, 0.05) is 13.7 Å². The Labute approximate surface area is 121 Å². The van der Waals surface area contributed by atoms with E-state index in [2.05, 4.69) is 4.90 Å². The average molecular weight is 308 g/mol. The highest BCUT2D eigenvalue weighted by molar-refractivity contribution is 7.20. The number of hydrogen-bond donors (Lipinski definition) is 0. The summed E-state index contributed by atoms with van der Waals surface area (Å²) in [5.74, 6) is 0.575. The topological polar surface area (TPSA) is 29.5 Å². The quantitative estimate of drug-likeness (QED) is 0.782. The van der Waals surface area contributed by atoms with Crippen molar-refractivity contribution < 1.29 is 9.53 Å². The van der Waals surface area contributed by atoms with Crippen LogP contribution < -0.4 is 0 Å². The number of carbonyl (C=O) groups excluding carboxylic acids is 1. The van der Waals surface area contributed by atoms with Crippen LogP contribution in [0.1, 0.15) is 16.8 Å². The van der Waals surface area contributed by atoms with E-state index in [0.29, 0.717) is 26.7 Å². The van der Waals surface area contributed by atoms with Gasteiger partial charge in [-0.2, -0.15) is 0 Å². The Morgan fingerprint density at radius 2 is 2.39 bits per heavy atom. The maximum atomic E-state index is 12.1. The summed E-state index contributed by atoms with van der Waals surface area (Å²) in [6, 6.07) is 1.65. The maximum Gasteiger partial charge on any atom is 0.179 e. The highest BCUT2D eigenvalue weighted by atomic mass is 35.5. The van der Waals surface area contributed by atoms with Crippen molar-refractivity contribution in [2.24, 2.45) is 5.92 Å². The molecule has 0 spiro atoms. The fourth-order valence-electron chi connectivity index (χ4n) is 2.25. The van der Waals surface area contributed by atoms with Crippen molar-refractivity contribution in [3.63, 3.8) is 0 Å². The summed E-state index contributed by atoms with van der Waals surface area (Å²) in [5.41, 5.74) is 0.543. The lowest BCUT2D eigenvalue weighted by Crippen LogP contribution is -2.28. The first-order valence-corrected chi connectivity index (χ1v) is 7.36. The third-order valence-corrected chi connectivity index (χ3v) is 4.58. The van der Waals surface area contributed by atoms with Crippen LogP contribution in [0.25, 0.3) is 0 Å². The Bertz CT molecular complexity index is 436. The Balaban J connectivity index is 1.91. The normalized spacial score (nSPS) is 20.5. The first-order valence-electron chi connectivity index (χ1n) is 5.79. The lowest BCUT2D eigenvalue weighted by atomic mass is 10.1. The number of halogens is 2. The summed E-state index contributed by atoms with van der Waals surface area (Å²) < 4.78 is 6.18. The number of thiophene rings is 1. The highest BCUT2D eigenvalue weighted by Crippen LogP contribution is 2.31. The van der Waals surface area contributed by atoms with Gasteiger partial charge in [0.15, 0.2) is 5.78 Å². The smallest absolute Gasteiger partial charge is 0.179 e. The SMILES string of the molecule is COCC1CCN(CC(=O)c2cc(Cl)sc2Cl)C1. The van der Waals surface area contributed by atoms with Crippen molar-refractivity contribution in [1.82, 2.24) is 4.90 Å². The van der Waals surface area contributed by atoms with Crippen molar-refractivity contribution in [2.45, 2.75) is 6.42 Å². The van der Waals surface area contributed by atoms with E-state index < -0.39 is 0 Å². The van der Waals surface area contributed by atoms with Crippen LogP contribution in [0, 0.1) is 5.92 Å². The second-order valence-corrected chi connectivity index (χ2v) is 6.79. The molecule has 3 nitrogen and oxygen atoms in total. The second kappa shape index (κ2) is 6.35. The summed E-state index contributed by atoms with van der Waals surface area (Å²) >= 11 is 13.1. The molecule has 0 aliphatic carbocycles. The summed E-state index contributed by atoms with van der Waals surface area (Å²) in [6.45, 7) is 3.02. The monoisotopic (exact) mass is 307 g/mol. The molecule has 0 saturated carbocycles. The Morgan fingerprint density at radius 1 is 1.61 bits per heavy atom. The Morgan fingerprint density at radius 3 is 3.00 bits per heavy atom. The van der Waals surface area contributed by atoms with Gasteiger partial charge in [0.1, 0.15) is 4.34 Å². The molecule has 1 aromatic rings. The van der Waals surface area contributed by atoms with Crippen molar-refractivity contribution in [3.05, 3.63) is 20.3 Å². The minimum Gasteiger partial charge on any atom is -0.384 e. The van der Waals surface area contributed by atoms with E-state index in [4.69, 9.17) is 27.9 Å². The third kappa shape index (κ3) is 3.45. The zero-order valence-corrected chi connectivity index (χ0v) is 12.4. The van der Waals surface area contributed by atoms with Crippen LogP contribution in [0.2, 0.25) is 8.67 Å². The number of Topliss-reactive ketones (excluding diaryl/α,β-unsaturated/α-hetero) is 1. The minimum absolute atomic E-state index is 0.0428. The zero-order valence-electron chi connectivity index (χ0n) is 10.1. The molecule has 2 heterocycles. The van der Waals surface area contributed by atoms with Gasteiger partial charge < -0.3 is 4.74 Å². The first-order chi connectivity index (χ1) is 8.60. The molecule has 6 heteroatoms. The van der Waals surface area contributed by atoms with E-state index in [9.17, 15) is 4.79 Å². The minimum atomic E-state index is 0.0428. The fraction of sp³-hybridized carbons (Fsp3) is 0.583. The van der Waals surface area contributed by atoms with E-state index in [1.54, 1.807) is 13.2 Å². The molecular formula is C12H15Cl2NO2S. The van der Waals surface area contributed by atoms with Gasteiger partial charge in [0.25, 0.3) is 0 Å². The molecule has 0 bridgehead atoms. The van der Waals surface area contributed by atoms with Crippen LogP contribution in [0.3, 0.4) is 0 Å². The molecular weight excluding hydrogens is 293 g/mol. The molecule has 1 aliphatic rings. The van der Waals surface area contributed by atoms with Crippen molar-refractivity contribution in [1.29, 1.82) is 0 Å². The summed E-state index contributed by atoms with van der Waals surface area (Å²) in [4.78, 5) is 14.2. The lowest BCUT2D eigenvalue weighted by molar-refractivity contribution is 0.0937. The molecule has 0 N–H and O–H groups in total. The standard InChI is InChI=1S/C12H15Cl2NO2S/c1-17-7-8-2-3-15(5-8)6-10(16)9-4-11(13)18-12(9)14/h4,8H,2-3,5-7H2,1H3. The number of ether oxygens (including phenoxy) is 1. The van der Waals surface area contributed by atoms with Crippen molar-refractivity contribution >= 4 is 40.3 Å². The van der Waals surface area contributed by atoms with Crippen LogP contribution in [0.15, 0.2) is 6.07 Å². The molecule has 1 atom stereocenters. The van der Waals surface area contributed by atoms with Crippen molar-refractivity contribution in [2.75, 3.05) is 33.4 Å². The van der Waals surface area contributed by atoms with Gasteiger partial charge in [-0.15, -0.1) is 11.3 Å². The second-order valence-electron chi connectivity index (χ2n) is 4.51. The number of likely N-dealkylation sites (tertiary alicyclic amines) is 1. The number of nitrogens with zero attached hydrogens (tertiary/aromatic N) is 1. The first kappa shape index (κ1) is 14.3. The van der Waals surface area contributed by atoms with E-state index in [1.165, 1.54) is 11.3 Å². The van der Waals surface area contributed by atoms with Gasteiger partial charge >= 0.3 is 0 Å². The van der Waals surface area contributed by atoms with Gasteiger partial charge in [0.05, 0.1) is 23.1 Å². The highest BCUT2D eigenvalue weighted by Gasteiger charge is 2.25. The lowest BCUT2D eigenvalue weighted by Gasteiger charge is -2.14. The number of hydrogen-bond acceptors (Lipinski definition) is 4. The van der Waals surface area contributed by atoms with Crippen LogP contribution >= 0.6 is 34.5 Å². The van der Waals surface area contributed by atoms with E-state index in [1.807, 2.05) is 0 Å². The summed E-state index contributed by atoms with van der Waals surface area (Å²) in [5, 5.41) is 0. The van der Waals surface area contributed by atoms with Gasteiger partial charge in [-0.1, -0.05) is 23.2 Å². The van der Waals surface area contributed by atoms with Gasteiger partial charge in [-0.05, 0) is 24.9 Å². The molecule has 1 aliphatic heterocycles. The summed E-state index contributed by atoms with van der Waals surface area (Å²) in [7, 11) is 1.71. The van der Waals surface area contributed by atoms with Crippen molar-refractivity contribution in [3.8, 4) is 0 Å². The Hall–Kier alpha value is -0.130. The molecule has 18 heavy (non-hydrogen) atoms. The predicted octanol–water partition coefficient (Wildman–Crippen LogP) is 3.21. The maximum absolute atomic E-state index is 12.1. The molecule has 1 aromatic heterocycles. The van der Waals surface area contributed by atoms with E-state index >= 15 is 0 Å². The Kier molecular flexibility index (Phi) is 5.04. The molecule has 0 amide bonds. The van der Waals surface area contributed by atoms with E-state index in [-0.39, 0.29) is 5.78 Å². The third-order valence-electron chi connectivity index (χ3n) is 3.10. The molecule has 1 fully saturated rings. The molecule has 0 radical (unpaired) electrons. The number of rotatable bonds is 5. The number of methoxy groups -OCH3 is 1. The van der Waals surface area contributed by atoms with Gasteiger partial charge in [0.2, 0.25) is 0 Å². The van der Waals surface area contributed by atoms with Crippen LogP contribution in [-0.2, 0) is 4.74 Å². The summed E-state index contributed by atoms with van der Waals surface area (Å²) in [6.07, 6.45) is 1.08. The molecule has 100 valence electrons. The number of ketones is 1. The molecule has 2 rings (SSSR count). The van der Waals surface area contributed by atoms with Crippen LogP contribution in [0.4, 0.5) is 0 Å². The zero-order chi connectivity index (χ0) is 13.1.